The van der Waals surface area contributed by atoms with E-state index in [9.17, 15) is 9.59 Å². The molecule has 3 rings (SSSR count). The maximum Gasteiger partial charge on any atom is 0.303 e. The molecule has 1 saturated heterocycles. The van der Waals surface area contributed by atoms with Gasteiger partial charge in [0.25, 0.3) is 0 Å². The second kappa shape index (κ2) is 5.17. The van der Waals surface area contributed by atoms with Gasteiger partial charge in [0.2, 0.25) is 5.91 Å². The lowest BCUT2D eigenvalue weighted by molar-refractivity contribution is -0.151. The van der Waals surface area contributed by atoms with Crippen molar-refractivity contribution in [2.75, 3.05) is 13.1 Å². The number of aryl methyl sites for hydroxylation is 1. The minimum Gasteiger partial charge on any atom is -0.481 e. The summed E-state index contributed by atoms with van der Waals surface area (Å²) in [6.45, 7) is 3.24. The fraction of sp³-hybridized carbons (Fsp3) is 0.529. The molecule has 2 fully saturated rings. The van der Waals surface area contributed by atoms with Crippen molar-refractivity contribution in [2.45, 2.75) is 38.0 Å². The molecule has 21 heavy (non-hydrogen) atoms. The lowest BCUT2D eigenvalue weighted by Crippen LogP contribution is -2.59. The van der Waals surface area contributed by atoms with E-state index in [0.717, 1.165) is 24.8 Å². The molecule has 0 bridgehead atoms. The van der Waals surface area contributed by atoms with E-state index in [0.29, 0.717) is 13.1 Å². The van der Waals surface area contributed by atoms with Crippen molar-refractivity contribution < 1.29 is 14.7 Å². The van der Waals surface area contributed by atoms with Gasteiger partial charge in [-0.05, 0) is 25.3 Å². The third-order valence-electron chi connectivity index (χ3n) is 4.89. The van der Waals surface area contributed by atoms with Gasteiger partial charge in [0.05, 0.1) is 11.8 Å². The zero-order valence-corrected chi connectivity index (χ0v) is 12.3. The highest BCUT2D eigenvalue weighted by molar-refractivity contribution is 5.90. The van der Waals surface area contributed by atoms with Crippen LogP contribution in [-0.2, 0) is 15.0 Å². The Morgan fingerprint density at radius 3 is 2.57 bits per heavy atom. The molecule has 1 amide bonds. The lowest BCUT2D eigenvalue weighted by atomic mass is 9.63. The normalized spacial score (nSPS) is 20.5. The number of carboxylic acid groups (broad SMARTS) is 1. The number of benzene rings is 1. The highest BCUT2D eigenvalue weighted by Crippen LogP contribution is 2.46. The summed E-state index contributed by atoms with van der Waals surface area (Å²) >= 11 is 0. The predicted octanol–water partition coefficient (Wildman–Crippen LogP) is 2.35. The second-order valence-electron chi connectivity index (χ2n) is 6.48. The van der Waals surface area contributed by atoms with Crippen LogP contribution >= 0.6 is 0 Å². The largest absolute Gasteiger partial charge is 0.481 e. The molecular weight excluding hydrogens is 266 g/mol. The number of carboxylic acids is 1. The van der Waals surface area contributed by atoms with Crippen LogP contribution in [0.15, 0.2) is 24.3 Å². The van der Waals surface area contributed by atoms with Crippen LogP contribution in [0.25, 0.3) is 0 Å². The van der Waals surface area contributed by atoms with Gasteiger partial charge >= 0.3 is 5.97 Å². The minimum absolute atomic E-state index is 0.126. The molecule has 4 nitrogen and oxygen atoms in total. The first-order valence-corrected chi connectivity index (χ1v) is 7.59. The molecular formula is C17H21NO3. The first-order valence-electron chi connectivity index (χ1n) is 7.59. The maximum atomic E-state index is 12.9. The maximum absolute atomic E-state index is 12.9. The standard InChI is InChI=1S/C17H21NO3/c1-12-4-2-5-14(8-12)17(6-3-7-17)16(21)18-10-13(11-18)9-15(19)20/h2,4-5,8,13H,3,6-7,9-11H2,1H3,(H,19,20). The van der Waals surface area contributed by atoms with Crippen LogP contribution in [0.3, 0.4) is 0 Å². The van der Waals surface area contributed by atoms with Crippen molar-refractivity contribution in [3.05, 3.63) is 35.4 Å². The molecule has 1 aromatic carbocycles. The minimum atomic E-state index is -0.774. The van der Waals surface area contributed by atoms with Gasteiger partial charge in [-0.3, -0.25) is 9.59 Å². The molecule has 1 N–H and O–H groups in total. The quantitative estimate of drug-likeness (QED) is 0.924. The number of likely N-dealkylation sites (tertiary alicyclic amines) is 1. The highest BCUT2D eigenvalue weighted by atomic mass is 16.4. The Labute approximate surface area is 124 Å². The lowest BCUT2D eigenvalue weighted by Gasteiger charge is -2.49. The summed E-state index contributed by atoms with van der Waals surface area (Å²) in [5.41, 5.74) is 1.96. The summed E-state index contributed by atoms with van der Waals surface area (Å²) in [6.07, 6.45) is 3.08. The highest BCUT2D eigenvalue weighted by Gasteiger charge is 2.49. The zero-order valence-electron chi connectivity index (χ0n) is 12.3. The summed E-state index contributed by atoms with van der Waals surface area (Å²) in [5, 5.41) is 8.80. The molecule has 1 aromatic rings. The molecule has 1 aliphatic carbocycles. The molecule has 1 heterocycles. The number of aliphatic carboxylic acids is 1. The molecule has 1 saturated carbocycles. The van der Waals surface area contributed by atoms with Crippen LogP contribution in [0, 0.1) is 12.8 Å². The first-order chi connectivity index (χ1) is 10.0. The Balaban J connectivity index is 1.72. The summed E-state index contributed by atoms with van der Waals surface area (Å²) < 4.78 is 0. The molecule has 0 radical (unpaired) electrons. The predicted molar refractivity (Wildman–Crippen MR) is 79.0 cm³/mol. The van der Waals surface area contributed by atoms with Crippen LogP contribution in [0.5, 0.6) is 0 Å². The SMILES string of the molecule is Cc1cccc(C2(C(=O)N3CC(CC(=O)O)C3)CCC2)c1. The van der Waals surface area contributed by atoms with Crippen LogP contribution in [0.1, 0.15) is 36.8 Å². The summed E-state index contributed by atoms with van der Waals surface area (Å²) in [4.78, 5) is 25.4. The smallest absolute Gasteiger partial charge is 0.303 e. The number of rotatable bonds is 4. The van der Waals surface area contributed by atoms with Crippen LogP contribution in [0.2, 0.25) is 0 Å². The molecule has 0 atom stereocenters. The van der Waals surface area contributed by atoms with Crippen molar-refractivity contribution in [1.82, 2.24) is 4.90 Å². The van der Waals surface area contributed by atoms with Gasteiger partial charge in [0, 0.05) is 19.0 Å². The van der Waals surface area contributed by atoms with E-state index in [1.54, 1.807) is 0 Å². The van der Waals surface area contributed by atoms with E-state index in [2.05, 4.69) is 12.1 Å². The summed E-state index contributed by atoms with van der Waals surface area (Å²) in [7, 11) is 0. The number of hydrogen-bond acceptors (Lipinski definition) is 2. The van der Waals surface area contributed by atoms with Crippen LogP contribution < -0.4 is 0 Å². The zero-order chi connectivity index (χ0) is 15.0. The second-order valence-corrected chi connectivity index (χ2v) is 6.48. The molecule has 0 aromatic heterocycles. The molecule has 1 aliphatic heterocycles. The molecule has 0 spiro atoms. The van der Waals surface area contributed by atoms with Gasteiger partial charge in [-0.25, -0.2) is 0 Å². The monoisotopic (exact) mass is 287 g/mol. The molecule has 2 aliphatic rings. The van der Waals surface area contributed by atoms with Gasteiger partial charge < -0.3 is 10.0 Å². The van der Waals surface area contributed by atoms with E-state index < -0.39 is 5.97 Å². The summed E-state index contributed by atoms with van der Waals surface area (Å²) in [6, 6.07) is 8.23. The Hall–Kier alpha value is -1.84. The topological polar surface area (TPSA) is 57.6 Å². The van der Waals surface area contributed by atoms with E-state index in [-0.39, 0.29) is 23.7 Å². The van der Waals surface area contributed by atoms with Crippen molar-refractivity contribution in [3.8, 4) is 0 Å². The van der Waals surface area contributed by atoms with Crippen molar-refractivity contribution in [3.63, 3.8) is 0 Å². The fourth-order valence-corrected chi connectivity index (χ4v) is 3.51. The number of carbonyl (C=O) groups is 2. The van der Waals surface area contributed by atoms with E-state index in [1.165, 1.54) is 5.56 Å². The van der Waals surface area contributed by atoms with Crippen LogP contribution in [0.4, 0.5) is 0 Å². The molecule has 0 unspecified atom stereocenters. The number of nitrogens with zero attached hydrogens (tertiary/aromatic N) is 1. The van der Waals surface area contributed by atoms with E-state index >= 15 is 0 Å². The van der Waals surface area contributed by atoms with E-state index in [4.69, 9.17) is 5.11 Å². The first kappa shape index (κ1) is 14.1. The van der Waals surface area contributed by atoms with Gasteiger partial charge in [-0.1, -0.05) is 36.2 Å². The van der Waals surface area contributed by atoms with Crippen molar-refractivity contribution in [1.29, 1.82) is 0 Å². The number of carbonyl (C=O) groups excluding carboxylic acids is 1. The molecule has 112 valence electrons. The van der Waals surface area contributed by atoms with Gasteiger partial charge in [-0.15, -0.1) is 0 Å². The third kappa shape index (κ3) is 2.43. The average molecular weight is 287 g/mol. The number of hydrogen-bond donors (Lipinski definition) is 1. The fourth-order valence-electron chi connectivity index (χ4n) is 3.51. The Morgan fingerprint density at radius 2 is 2.05 bits per heavy atom. The third-order valence-corrected chi connectivity index (χ3v) is 4.89. The average Bonchev–Trinajstić information content (AvgIpc) is 2.31. The van der Waals surface area contributed by atoms with Gasteiger partial charge in [0.15, 0.2) is 0 Å². The summed E-state index contributed by atoms with van der Waals surface area (Å²) in [5.74, 6) is -0.453. The number of amides is 1. The van der Waals surface area contributed by atoms with Gasteiger partial charge in [0.1, 0.15) is 0 Å². The Bertz CT molecular complexity index is 571. The Morgan fingerprint density at radius 1 is 1.33 bits per heavy atom. The van der Waals surface area contributed by atoms with Crippen molar-refractivity contribution >= 4 is 11.9 Å². The molecule has 4 heteroatoms. The van der Waals surface area contributed by atoms with Crippen molar-refractivity contribution in [2.24, 2.45) is 5.92 Å². The van der Waals surface area contributed by atoms with E-state index in [1.807, 2.05) is 24.0 Å². The Kier molecular flexibility index (Phi) is 3.47. The van der Waals surface area contributed by atoms with Gasteiger partial charge in [-0.2, -0.15) is 0 Å². The van der Waals surface area contributed by atoms with Crippen LogP contribution in [-0.4, -0.2) is 35.0 Å².